The van der Waals surface area contributed by atoms with Crippen LogP contribution in [0.5, 0.6) is 0 Å². The van der Waals surface area contributed by atoms with Crippen molar-refractivity contribution >= 4 is 11.6 Å². The molecule has 29 heavy (non-hydrogen) atoms. The molecule has 0 saturated carbocycles. The highest BCUT2D eigenvalue weighted by Crippen LogP contribution is 2.24. The van der Waals surface area contributed by atoms with Gasteiger partial charge in [-0.15, -0.1) is 0 Å². The van der Waals surface area contributed by atoms with Crippen molar-refractivity contribution in [2.24, 2.45) is 0 Å². The van der Waals surface area contributed by atoms with Crippen LogP contribution in [0.25, 0.3) is 17.1 Å². The van der Waals surface area contributed by atoms with Crippen LogP contribution in [0.15, 0.2) is 35.4 Å². The summed E-state index contributed by atoms with van der Waals surface area (Å²) in [4.78, 5) is 25.9. The van der Waals surface area contributed by atoms with Crippen LogP contribution in [0.4, 0.5) is 0 Å². The van der Waals surface area contributed by atoms with Crippen LogP contribution in [0.3, 0.4) is 0 Å². The van der Waals surface area contributed by atoms with Crippen LogP contribution in [0, 0.1) is 25.2 Å². The Morgan fingerprint density at radius 3 is 2.62 bits per heavy atom. The van der Waals surface area contributed by atoms with Crippen molar-refractivity contribution in [2.45, 2.75) is 39.7 Å². The van der Waals surface area contributed by atoms with Gasteiger partial charge < -0.3 is 5.11 Å². The molecule has 0 aliphatic carbocycles. The summed E-state index contributed by atoms with van der Waals surface area (Å²) in [5.41, 5.74) is 2.03. The van der Waals surface area contributed by atoms with E-state index in [1.165, 1.54) is 4.57 Å². The van der Waals surface area contributed by atoms with Gasteiger partial charge in [-0.1, -0.05) is 11.6 Å². The highest BCUT2D eigenvalue weighted by molar-refractivity contribution is 6.31. The van der Waals surface area contributed by atoms with E-state index in [1.807, 2.05) is 13.0 Å². The summed E-state index contributed by atoms with van der Waals surface area (Å²) in [6, 6.07) is 7.20. The van der Waals surface area contributed by atoms with Crippen molar-refractivity contribution in [1.82, 2.24) is 19.5 Å². The molecule has 3 aromatic rings. The Labute approximate surface area is 173 Å². The van der Waals surface area contributed by atoms with Crippen LogP contribution in [-0.4, -0.2) is 24.6 Å². The molecule has 0 radical (unpaired) electrons. The van der Waals surface area contributed by atoms with E-state index in [4.69, 9.17) is 16.9 Å². The monoisotopic (exact) mass is 409 g/mol. The number of rotatable bonds is 4. The fourth-order valence-corrected chi connectivity index (χ4v) is 3.19. The zero-order chi connectivity index (χ0) is 21.3. The van der Waals surface area contributed by atoms with Crippen LogP contribution in [0.1, 0.15) is 36.5 Å². The van der Waals surface area contributed by atoms with Crippen LogP contribution < -0.4 is 5.56 Å². The molecule has 8 heteroatoms. The molecular formula is C21H20ClN5O2. The van der Waals surface area contributed by atoms with Crippen molar-refractivity contribution in [3.8, 4) is 23.1 Å². The molecule has 0 fully saturated rings. The van der Waals surface area contributed by atoms with Gasteiger partial charge >= 0.3 is 0 Å². The van der Waals surface area contributed by atoms with Crippen LogP contribution >= 0.6 is 11.6 Å². The second kappa shape index (κ2) is 7.74. The standard InChI is InChI=1S/C21H20ClN5O2/c1-12-11-25-16(15-6-8-24-20(26-15)21(3,4)29)10-17(12)27-13(2)9-14(5-7-23)18(22)19(27)28/h6,8-11,29H,5H2,1-4H3. The summed E-state index contributed by atoms with van der Waals surface area (Å²) in [5, 5.41) is 19.2. The van der Waals surface area contributed by atoms with Crippen molar-refractivity contribution in [3.63, 3.8) is 0 Å². The molecule has 0 aromatic carbocycles. The number of nitriles is 1. The first-order valence-electron chi connectivity index (χ1n) is 8.94. The average Bonchev–Trinajstić information content (AvgIpc) is 2.67. The van der Waals surface area contributed by atoms with Gasteiger partial charge in [0, 0.05) is 18.1 Å². The Morgan fingerprint density at radius 2 is 1.97 bits per heavy atom. The smallest absolute Gasteiger partial charge is 0.274 e. The topological polar surface area (TPSA) is 105 Å². The summed E-state index contributed by atoms with van der Waals surface area (Å²) in [6.45, 7) is 6.84. The maximum absolute atomic E-state index is 12.9. The molecule has 0 bridgehead atoms. The van der Waals surface area contributed by atoms with Gasteiger partial charge in [0.05, 0.1) is 29.6 Å². The molecular weight excluding hydrogens is 390 g/mol. The quantitative estimate of drug-likeness (QED) is 0.709. The first-order chi connectivity index (χ1) is 13.6. The van der Waals surface area contributed by atoms with Crippen molar-refractivity contribution in [2.75, 3.05) is 0 Å². The van der Waals surface area contributed by atoms with E-state index in [-0.39, 0.29) is 17.3 Å². The minimum atomic E-state index is -1.19. The minimum Gasteiger partial charge on any atom is -0.382 e. The van der Waals surface area contributed by atoms with Crippen LogP contribution in [0.2, 0.25) is 5.02 Å². The molecule has 3 heterocycles. The molecule has 3 aromatic heterocycles. The van der Waals surface area contributed by atoms with Gasteiger partial charge in [-0.25, -0.2) is 9.97 Å². The lowest BCUT2D eigenvalue weighted by molar-refractivity contribution is 0.0688. The SMILES string of the molecule is Cc1cnc(-c2ccnc(C(C)(C)O)n2)cc1-n1c(C)cc(CC#N)c(Cl)c1=O. The second-order valence-corrected chi connectivity index (χ2v) is 7.66. The van der Waals surface area contributed by atoms with Gasteiger partial charge in [-0.2, -0.15) is 5.26 Å². The summed E-state index contributed by atoms with van der Waals surface area (Å²) in [6.07, 6.45) is 3.28. The van der Waals surface area contributed by atoms with E-state index < -0.39 is 11.2 Å². The average molecular weight is 410 g/mol. The number of nitrogens with zero attached hydrogens (tertiary/aromatic N) is 5. The number of aryl methyl sites for hydroxylation is 2. The molecule has 7 nitrogen and oxygen atoms in total. The number of aromatic nitrogens is 4. The number of aliphatic hydroxyl groups is 1. The molecule has 1 N–H and O–H groups in total. The molecule has 0 amide bonds. The van der Waals surface area contributed by atoms with Gasteiger partial charge in [0.2, 0.25) is 0 Å². The minimum absolute atomic E-state index is 0.0289. The molecule has 0 aliphatic heterocycles. The van der Waals surface area contributed by atoms with E-state index in [0.29, 0.717) is 28.3 Å². The highest BCUT2D eigenvalue weighted by Gasteiger charge is 2.21. The lowest BCUT2D eigenvalue weighted by Gasteiger charge is -2.17. The van der Waals surface area contributed by atoms with E-state index in [9.17, 15) is 9.90 Å². The third-order valence-electron chi connectivity index (χ3n) is 4.46. The maximum atomic E-state index is 12.9. The van der Waals surface area contributed by atoms with Crippen molar-refractivity contribution in [3.05, 3.63) is 68.6 Å². The normalized spacial score (nSPS) is 11.3. The van der Waals surface area contributed by atoms with Gasteiger partial charge in [0.25, 0.3) is 5.56 Å². The lowest BCUT2D eigenvalue weighted by atomic mass is 10.1. The first-order valence-corrected chi connectivity index (χ1v) is 9.32. The fourth-order valence-electron chi connectivity index (χ4n) is 2.98. The Kier molecular flexibility index (Phi) is 5.51. The Bertz CT molecular complexity index is 1190. The number of hydrogen-bond donors (Lipinski definition) is 1. The van der Waals surface area contributed by atoms with Gasteiger partial charge in [-0.3, -0.25) is 14.3 Å². The number of pyridine rings is 2. The van der Waals surface area contributed by atoms with Crippen molar-refractivity contribution in [1.29, 1.82) is 5.26 Å². The predicted octanol–water partition coefficient (Wildman–Crippen LogP) is 3.25. The zero-order valence-electron chi connectivity index (χ0n) is 16.6. The molecule has 3 rings (SSSR count). The van der Waals surface area contributed by atoms with Gasteiger partial charge in [-0.05, 0) is 57.0 Å². The molecule has 0 atom stereocenters. The van der Waals surface area contributed by atoms with E-state index >= 15 is 0 Å². The van der Waals surface area contributed by atoms with Crippen molar-refractivity contribution < 1.29 is 5.11 Å². The maximum Gasteiger partial charge on any atom is 0.274 e. The summed E-state index contributed by atoms with van der Waals surface area (Å²) >= 11 is 6.23. The van der Waals surface area contributed by atoms with Crippen LogP contribution in [-0.2, 0) is 12.0 Å². The zero-order valence-corrected chi connectivity index (χ0v) is 17.3. The Morgan fingerprint density at radius 1 is 1.24 bits per heavy atom. The molecule has 0 unspecified atom stereocenters. The fraction of sp³-hybridized carbons (Fsp3) is 0.286. The molecule has 0 saturated heterocycles. The third kappa shape index (κ3) is 4.04. The Hall–Kier alpha value is -3.08. The third-order valence-corrected chi connectivity index (χ3v) is 4.86. The summed E-state index contributed by atoms with van der Waals surface area (Å²) < 4.78 is 1.50. The first kappa shape index (κ1) is 20.6. The second-order valence-electron chi connectivity index (χ2n) is 7.28. The summed E-state index contributed by atoms with van der Waals surface area (Å²) in [7, 11) is 0. The van der Waals surface area contributed by atoms with E-state index in [1.54, 1.807) is 51.4 Å². The Balaban J connectivity index is 2.19. The van der Waals surface area contributed by atoms with Gasteiger partial charge in [0.15, 0.2) is 5.82 Å². The van der Waals surface area contributed by atoms with E-state index in [0.717, 1.165) is 5.56 Å². The lowest BCUT2D eigenvalue weighted by Crippen LogP contribution is -2.23. The van der Waals surface area contributed by atoms with Gasteiger partial charge in [0.1, 0.15) is 10.6 Å². The molecule has 0 aliphatic rings. The summed E-state index contributed by atoms with van der Waals surface area (Å²) in [5.74, 6) is 0.274. The molecule has 148 valence electrons. The number of hydrogen-bond acceptors (Lipinski definition) is 6. The predicted molar refractivity (Wildman–Crippen MR) is 110 cm³/mol. The number of halogens is 1. The van der Waals surface area contributed by atoms with E-state index in [2.05, 4.69) is 15.0 Å². The molecule has 0 spiro atoms. The highest BCUT2D eigenvalue weighted by atomic mass is 35.5. The largest absolute Gasteiger partial charge is 0.382 e.